The molecule has 1 aromatic carbocycles. The Kier molecular flexibility index (Phi) is 5.88. The van der Waals surface area contributed by atoms with E-state index in [9.17, 15) is 13.2 Å². The fraction of sp³-hybridized carbons (Fsp3) is 0.588. The molecule has 1 fully saturated rings. The van der Waals surface area contributed by atoms with Crippen molar-refractivity contribution in [2.45, 2.75) is 63.2 Å². The second-order valence-corrected chi connectivity index (χ2v) is 9.04. The molecule has 25 heavy (non-hydrogen) atoms. The van der Waals surface area contributed by atoms with Gasteiger partial charge in [-0.25, -0.2) is 13.1 Å². The zero-order valence-corrected chi connectivity index (χ0v) is 15.9. The normalized spacial score (nSPS) is 21.3. The highest BCUT2D eigenvalue weighted by molar-refractivity contribution is 7.89. The molecule has 0 bridgehead atoms. The Labute approximate surface area is 149 Å². The van der Waals surface area contributed by atoms with E-state index in [2.05, 4.69) is 10.0 Å². The molecule has 1 aliphatic heterocycles. The van der Waals surface area contributed by atoms with Gasteiger partial charge in [0.2, 0.25) is 10.0 Å². The summed E-state index contributed by atoms with van der Waals surface area (Å²) in [5.74, 6) is -0.285. The highest BCUT2D eigenvalue weighted by Crippen LogP contribution is 2.24. The maximum absolute atomic E-state index is 12.6. The van der Waals surface area contributed by atoms with E-state index < -0.39 is 21.7 Å². The maximum atomic E-state index is 12.6. The largest absolute Gasteiger partial charge is 0.364 e. The summed E-state index contributed by atoms with van der Waals surface area (Å²) in [6.45, 7) is 7.42. The van der Waals surface area contributed by atoms with Crippen LogP contribution in [0, 0.1) is 6.92 Å². The number of hydrogen-bond acceptors (Lipinski definition) is 5. The van der Waals surface area contributed by atoms with Crippen molar-refractivity contribution in [3.05, 3.63) is 23.8 Å². The van der Waals surface area contributed by atoms with E-state index in [0.29, 0.717) is 24.2 Å². The van der Waals surface area contributed by atoms with Crippen molar-refractivity contribution in [3.63, 3.8) is 0 Å². The first kappa shape index (κ1) is 19.8. The fourth-order valence-corrected chi connectivity index (χ4v) is 4.41. The Morgan fingerprint density at radius 2 is 2.00 bits per heavy atom. The number of nitrogens with two attached hydrogens (primary N) is 1. The van der Waals surface area contributed by atoms with Crippen LogP contribution >= 0.6 is 0 Å². The quantitative estimate of drug-likeness (QED) is 0.729. The first-order valence-electron chi connectivity index (χ1n) is 8.33. The number of hydrogen-bond donors (Lipinski definition) is 3. The summed E-state index contributed by atoms with van der Waals surface area (Å²) in [5.41, 5.74) is 5.98. The minimum Gasteiger partial charge on any atom is -0.364 e. The smallest absolute Gasteiger partial charge is 0.253 e. The van der Waals surface area contributed by atoms with Crippen LogP contribution in [0.5, 0.6) is 0 Å². The van der Waals surface area contributed by atoms with Crippen molar-refractivity contribution in [3.8, 4) is 0 Å². The van der Waals surface area contributed by atoms with Gasteiger partial charge in [0, 0.05) is 17.8 Å². The van der Waals surface area contributed by atoms with Crippen LogP contribution in [-0.4, -0.2) is 38.6 Å². The van der Waals surface area contributed by atoms with Gasteiger partial charge in [-0.1, -0.05) is 6.07 Å². The Balaban J connectivity index is 2.17. The van der Waals surface area contributed by atoms with E-state index >= 15 is 0 Å². The van der Waals surface area contributed by atoms with Crippen LogP contribution in [0.15, 0.2) is 23.1 Å². The number of anilines is 1. The van der Waals surface area contributed by atoms with Crippen molar-refractivity contribution in [1.82, 2.24) is 4.72 Å². The predicted molar refractivity (Wildman–Crippen MR) is 96.8 cm³/mol. The molecular formula is C17H27N3O4S. The van der Waals surface area contributed by atoms with Gasteiger partial charge in [-0.05, 0) is 58.2 Å². The highest BCUT2D eigenvalue weighted by atomic mass is 32.2. The van der Waals surface area contributed by atoms with E-state index in [1.165, 1.54) is 6.07 Å². The van der Waals surface area contributed by atoms with Gasteiger partial charge in [0.25, 0.3) is 5.91 Å². The van der Waals surface area contributed by atoms with Crippen molar-refractivity contribution in [2.24, 2.45) is 5.73 Å². The van der Waals surface area contributed by atoms with Gasteiger partial charge < -0.3 is 15.8 Å². The van der Waals surface area contributed by atoms with Gasteiger partial charge >= 0.3 is 0 Å². The molecule has 0 saturated carbocycles. The first-order valence-corrected chi connectivity index (χ1v) is 9.81. The lowest BCUT2D eigenvalue weighted by Gasteiger charge is -2.21. The zero-order chi connectivity index (χ0) is 18.8. The van der Waals surface area contributed by atoms with E-state index in [0.717, 1.165) is 6.42 Å². The summed E-state index contributed by atoms with van der Waals surface area (Å²) in [4.78, 5) is 12.5. The minimum atomic E-state index is -3.69. The standard InChI is InChI=1S/C17H27N3O4S/c1-11-5-6-12(9-15(11)25(22,23)20-17(2,3)4)19-16(21)14-8-7-13(10-18)24-14/h5-6,9,13-14,20H,7-8,10,18H2,1-4H3,(H,19,21)/t13-,14+/m1/s1. The van der Waals surface area contributed by atoms with E-state index in [-0.39, 0.29) is 16.9 Å². The Morgan fingerprint density at radius 3 is 2.56 bits per heavy atom. The highest BCUT2D eigenvalue weighted by Gasteiger charge is 2.30. The van der Waals surface area contributed by atoms with Gasteiger partial charge in [0.05, 0.1) is 11.0 Å². The molecule has 4 N–H and O–H groups in total. The number of carbonyl (C=O) groups is 1. The maximum Gasteiger partial charge on any atom is 0.253 e. The molecule has 2 rings (SSSR count). The van der Waals surface area contributed by atoms with Gasteiger partial charge in [0.1, 0.15) is 6.10 Å². The number of benzene rings is 1. The van der Waals surface area contributed by atoms with Gasteiger partial charge in [-0.2, -0.15) is 0 Å². The number of amides is 1. The third kappa shape index (κ3) is 5.24. The van der Waals surface area contributed by atoms with Gasteiger partial charge in [-0.15, -0.1) is 0 Å². The molecular weight excluding hydrogens is 342 g/mol. The van der Waals surface area contributed by atoms with Crippen LogP contribution in [0.25, 0.3) is 0 Å². The molecule has 0 aromatic heterocycles. The van der Waals surface area contributed by atoms with Crippen molar-refractivity contribution >= 4 is 21.6 Å². The molecule has 1 aromatic rings. The number of nitrogens with one attached hydrogen (secondary N) is 2. The van der Waals surface area contributed by atoms with Crippen LogP contribution in [-0.2, 0) is 19.6 Å². The fourth-order valence-electron chi connectivity index (χ4n) is 2.72. The second-order valence-electron chi connectivity index (χ2n) is 7.38. The molecule has 7 nitrogen and oxygen atoms in total. The summed E-state index contributed by atoms with van der Waals surface area (Å²) < 4.78 is 33.4. The molecule has 1 saturated heterocycles. The van der Waals surface area contributed by atoms with Crippen molar-refractivity contribution in [2.75, 3.05) is 11.9 Å². The molecule has 2 atom stereocenters. The number of ether oxygens (including phenoxy) is 1. The average Bonchev–Trinajstić information content (AvgIpc) is 2.95. The molecule has 0 aliphatic carbocycles. The van der Waals surface area contributed by atoms with Crippen LogP contribution < -0.4 is 15.8 Å². The molecule has 8 heteroatoms. The first-order chi connectivity index (χ1) is 11.5. The number of aryl methyl sites for hydroxylation is 1. The predicted octanol–water partition coefficient (Wildman–Crippen LogP) is 1.52. The minimum absolute atomic E-state index is 0.0966. The topological polar surface area (TPSA) is 111 Å². The summed E-state index contributed by atoms with van der Waals surface area (Å²) >= 11 is 0. The lowest BCUT2D eigenvalue weighted by atomic mass is 10.1. The Morgan fingerprint density at radius 1 is 1.32 bits per heavy atom. The number of sulfonamides is 1. The molecule has 0 spiro atoms. The average molecular weight is 369 g/mol. The molecule has 1 aliphatic rings. The third-order valence-corrected chi connectivity index (χ3v) is 5.75. The molecule has 1 amide bonds. The summed E-state index contributed by atoms with van der Waals surface area (Å²) in [6, 6.07) is 4.82. The van der Waals surface area contributed by atoms with Crippen LogP contribution in [0.3, 0.4) is 0 Å². The summed E-state index contributed by atoms with van der Waals surface area (Å²) in [5, 5.41) is 2.73. The van der Waals surface area contributed by atoms with E-state index in [4.69, 9.17) is 10.5 Å². The molecule has 140 valence electrons. The molecule has 0 radical (unpaired) electrons. The summed E-state index contributed by atoms with van der Waals surface area (Å²) in [6.07, 6.45) is 0.705. The van der Waals surface area contributed by atoms with Crippen molar-refractivity contribution < 1.29 is 17.9 Å². The third-order valence-electron chi connectivity index (χ3n) is 3.85. The lowest BCUT2D eigenvalue weighted by Crippen LogP contribution is -2.40. The monoisotopic (exact) mass is 369 g/mol. The van der Waals surface area contributed by atoms with Crippen LogP contribution in [0.2, 0.25) is 0 Å². The second kappa shape index (κ2) is 7.41. The van der Waals surface area contributed by atoms with Crippen LogP contribution in [0.4, 0.5) is 5.69 Å². The van der Waals surface area contributed by atoms with E-state index in [1.807, 2.05) is 0 Å². The summed E-state index contributed by atoms with van der Waals surface area (Å²) in [7, 11) is -3.69. The molecule has 0 unspecified atom stereocenters. The number of rotatable bonds is 5. The van der Waals surface area contributed by atoms with Gasteiger partial charge in [0.15, 0.2) is 0 Å². The van der Waals surface area contributed by atoms with E-state index in [1.54, 1.807) is 39.8 Å². The van der Waals surface area contributed by atoms with Crippen molar-refractivity contribution in [1.29, 1.82) is 0 Å². The van der Waals surface area contributed by atoms with Crippen LogP contribution in [0.1, 0.15) is 39.2 Å². The zero-order valence-electron chi connectivity index (χ0n) is 15.1. The lowest BCUT2D eigenvalue weighted by molar-refractivity contribution is -0.126. The Bertz CT molecular complexity index is 741. The molecule has 1 heterocycles. The SMILES string of the molecule is Cc1ccc(NC(=O)[C@@H]2CC[C@H](CN)O2)cc1S(=O)(=O)NC(C)(C)C. The van der Waals surface area contributed by atoms with Gasteiger partial charge in [-0.3, -0.25) is 4.79 Å². The number of carbonyl (C=O) groups excluding carboxylic acids is 1. The Hall–Kier alpha value is -1.48.